The molecule has 1 saturated heterocycles. The number of benzene rings is 3. The molecule has 0 radical (unpaired) electrons. The van der Waals surface area contributed by atoms with Crippen molar-refractivity contribution < 1.29 is 25.0 Å². The summed E-state index contributed by atoms with van der Waals surface area (Å²) in [6.45, 7) is 2.78. The van der Waals surface area contributed by atoms with Gasteiger partial charge in [0.25, 0.3) is 0 Å². The third kappa shape index (κ3) is 8.17. The topological polar surface area (TPSA) is 105 Å². The standard InChI is InChI=1S/C33H39N3O5/c1-24(38)31-30(23-37)41-36(32(31)33(40)34-19-10-20-35(2)28-15-7-4-8-16-28)22-26-12-9-11-25(21-26)17-18-29(39)27-13-5-3-6-14-27/h3-9,11-16,21,24,29-32,37-39H,10,19-20,22-23H2,1-2H3,(H,34,40)/t24-,29-,30-,31+,32-/m1/s1. The summed E-state index contributed by atoms with van der Waals surface area (Å²) < 4.78 is 0. The highest BCUT2D eigenvalue weighted by atomic mass is 16.7. The van der Waals surface area contributed by atoms with E-state index in [1.807, 2.05) is 92.0 Å². The van der Waals surface area contributed by atoms with Crippen molar-refractivity contribution in [2.24, 2.45) is 5.92 Å². The average molecular weight is 558 g/mol. The minimum atomic E-state index is -0.903. The summed E-state index contributed by atoms with van der Waals surface area (Å²) in [6.07, 6.45) is -1.74. The lowest BCUT2D eigenvalue weighted by Gasteiger charge is -2.26. The van der Waals surface area contributed by atoms with E-state index in [2.05, 4.69) is 22.1 Å². The van der Waals surface area contributed by atoms with E-state index in [1.54, 1.807) is 12.0 Å². The van der Waals surface area contributed by atoms with E-state index in [0.717, 1.165) is 29.8 Å². The predicted octanol–water partition coefficient (Wildman–Crippen LogP) is 2.89. The molecular weight excluding hydrogens is 518 g/mol. The van der Waals surface area contributed by atoms with E-state index in [4.69, 9.17) is 4.84 Å². The predicted molar refractivity (Wildman–Crippen MR) is 159 cm³/mol. The number of hydroxylamine groups is 2. The van der Waals surface area contributed by atoms with E-state index in [9.17, 15) is 20.1 Å². The second-order valence-electron chi connectivity index (χ2n) is 10.3. The van der Waals surface area contributed by atoms with Gasteiger partial charge in [-0.3, -0.25) is 9.63 Å². The van der Waals surface area contributed by atoms with Gasteiger partial charge < -0.3 is 25.5 Å². The highest BCUT2D eigenvalue weighted by molar-refractivity contribution is 5.82. The van der Waals surface area contributed by atoms with Crippen LogP contribution in [0.4, 0.5) is 5.69 Å². The maximum absolute atomic E-state index is 13.4. The van der Waals surface area contributed by atoms with E-state index >= 15 is 0 Å². The summed E-state index contributed by atoms with van der Waals surface area (Å²) >= 11 is 0. The van der Waals surface area contributed by atoms with Crippen molar-refractivity contribution in [3.63, 3.8) is 0 Å². The van der Waals surface area contributed by atoms with Crippen LogP contribution in [0.3, 0.4) is 0 Å². The Hall–Kier alpha value is -3.71. The number of anilines is 1. The van der Waals surface area contributed by atoms with Gasteiger partial charge in [0.05, 0.1) is 19.3 Å². The number of hydrogen-bond donors (Lipinski definition) is 4. The zero-order valence-electron chi connectivity index (χ0n) is 23.6. The molecule has 3 aromatic rings. The number of rotatable bonds is 11. The van der Waals surface area contributed by atoms with Gasteiger partial charge in [-0.1, -0.05) is 72.5 Å². The van der Waals surface area contributed by atoms with Crippen LogP contribution in [0.15, 0.2) is 84.9 Å². The molecule has 8 nitrogen and oxygen atoms in total. The number of nitrogens with zero attached hydrogens (tertiary/aromatic N) is 2. The highest BCUT2D eigenvalue weighted by Gasteiger charge is 2.49. The van der Waals surface area contributed by atoms with Gasteiger partial charge in [0.1, 0.15) is 18.2 Å². The molecule has 4 N–H and O–H groups in total. The molecule has 0 unspecified atom stereocenters. The monoisotopic (exact) mass is 557 g/mol. The first-order chi connectivity index (χ1) is 19.9. The zero-order chi connectivity index (χ0) is 29.2. The van der Waals surface area contributed by atoms with Crippen molar-refractivity contribution in [1.29, 1.82) is 0 Å². The second-order valence-corrected chi connectivity index (χ2v) is 10.3. The third-order valence-electron chi connectivity index (χ3n) is 7.28. The lowest BCUT2D eigenvalue weighted by Crippen LogP contribution is -2.49. The summed E-state index contributed by atoms with van der Waals surface area (Å²) in [7, 11) is 2.01. The van der Waals surface area contributed by atoms with Crippen molar-refractivity contribution in [3.8, 4) is 11.8 Å². The number of aliphatic hydroxyl groups is 3. The lowest BCUT2D eigenvalue weighted by molar-refractivity contribution is -0.181. The molecule has 216 valence electrons. The van der Waals surface area contributed by atoms with Gasteiger partial charge in [-0.2, -0.15) is 5.06 Å². The van der Waals surface area contributed by atoms with Crippen molar-refractivity contribution in [2.45, 2.75) is 44.2 Å². The number of nitrogens with one attached hydrogen (secondary N) is 1. The van der Waals surface area contributed by atoms with Gasteiger partial charge in [-0.15, -0.1) is 0 Å². The van der Waals surface area contributed by atoms with Crippen LogP contribution in [0, 0.1) is 17.8 Å². The average Bonchev–Trinajstić information content (AvgIpc) is 3.37. The Labute approximate surface area is 242 Å². The van der Waals surface area contributed by atoms with Crippen LogP contribution in [-0.2, 0) is 16.2 Å². The van der Waals surface area contributed by atoms with Gasteiger partial charge in [0.15, 0.2) is 0 Å². The van der Waals surface area contributed by atoms with Gasteiger partial charge in [0.2, 0.25) is 5.91 Å². The molecule has 0 bridgehead atoms. The fourth-order valence-corrected chi connectivity index (χ4v) is 5.12. The van der Waals surface area contributed by atoms with Crippen LogP contribution in [0.5, 0.6) is 0 Å². The molecule has 1 amide bonds. The summed E-state index contributed by atoms with van der Waals surface area (Å²) in [4.78, 5) is 21.6. The van der Waals surface area contributed by atoms with Crippen molar-refractivity contribution in [3.05, 3.63) is 102 Å². The van der Waals surface area contributed by atoms with Crippen LogP contribution in [0.1, 0.15) is 36.1 Å². The highest BCUT2D eigenvalue weighted by Crippen LogP contribution is 2.32. The Bertz CT molecular complexity index is 1310. The minimum absolute atomic E-state index is 0.254. The molecule has 0 aliphatic carbocycles. The largest absolute Gasteiger partial charge is 0.394 e. The van der Waals surface area contributed by atoms with Gasteiger partial charge in [-0.25, -0.2) is 0 Å². The van der Waals surface area contributed by atoms with E-state index in [1.165, 1.54) is 0 Å². The van der Waals surface area contributed by atoms with Crippen LogP contribution in [0.2, 0.25) is 0 Å². The van der Waals surface area contributed by atoms with Crippen LogP contribution in [-0.4, -0.2) is 71.3 Å². The van der Waals surface area contributed by atoms with Crippen molar-refractivity contribution in [1.82, 2.24) is 10.4 Å². The summed E-state index contributed by atoms with van der Waals surface area (Å²) in [5.41, 5.74) is 3.39. The molecule has 3 aromatic carbocycles. The smallest absolute Gasteiger partial charge is 0.240 e. The SMILES string of the molecule is C[C@@H](O)[C@H]1[C@@H](CO)ON(Cc2cccc(C#C[C@@H](O)c3ccccc3)c2)[C@H]1C(=O)NCCCN(C)c1ccccc1. The molecule has 0 aromatic heterocycles. The Morgan fingerprint density at radius 2 is 1.76 bits per heavy atom. The Morgan fingerprint density at radius 3 is 2.44 bits per heavy atom. The Morgan fingerprint density at radius 1 is 1.05 bits per heavy atom. The van der Waals surface area contributed by atoms with Crippen LogP contribution >= 0.6 is 0 Å². The fraction of sp³-hybridized carbons (Fsp3) is 0.364. The molecule has 0 spiro atoms. The number of amides is 1. The molecule has 1 heterocycles. The molecule has 1 aliphatic heterocycles. The molecule has 1 aliphatic rings. The Kier molecular flexibility index (Phi) is 10.9. The fourth-order valence-electron chi connectivity index (χ4n) is 5.12. The van der Waals surface area contributed by atoms with Crippen LogP contribution < -0.4 is 10.2 Å². The number of aliphatic hydroxyl groups excluding tert-OH is 3. The number of carbonyl (C=O) groups excluding carboxylic acids is 1. The first kappa shape index (κ1) is 30.3. The normalized spacial score (nSPS) is 20.1. The first-order valence-corrected chi connectivity index (χ1v) is 14.0. The molecule has 5 atom stereocenters. The van der Waals surface area contributed by atoms with E-state index in [0.29, 0.717) is 12.1 Å². The molecule has 41 heavy (non-hydrogen) atoms. The van der Waals surface area contributed by atoms with Crippen LogP contribution in [0.25, 0.3) is 0 Å². The molecule has 0 saturated carbocycles. The molecule has 1 fully saturated rings. The van der Waals surface area contributed by atoms with Crippen molar-refractivity contribution in [2.75, 3.05) is 31.6 Å². The maximum Gasteiger partial charge on any atom is 0.240 e. The summed E-state index contributed by atoms with van der Waals surface area (Å²) in [6, 6.07) is 26.0. The van der Waals surface area contributed by atoms with Gasteiger partial charge >= 0.3 is 0 Å². The number of carbonyl (C=O) groups is 1. The van der Waals surface area contributed by atoms with E-state index < -0.39 is 30.3 Å². The second kappa shape index (κ2) is 14.8. The van der Waals surface area contributed by atoms with Crippen molar-refractivity contribution >= 4 is 11.6 Å². The lowest BCUT2D eigenvalue weighted by atomic mass is 9.89. The molecule has 4 rings (SSSR count). The van der Waals surface area contributed by atoms with Gasteiger partial charge in [0, 0.05) is 37.3 Å². The maximum atomic E-state index is 13.4. The number of hydrogen-bond acceptors (Lipinski definition) is 7. The van der Waals surface area contributed by atoms with E-state index in [-0.39, 0.29) is 19.1 Å². The number of para-hydroxylation sites is 1. The Balaban J connectivity index is 1.41. The minimum Gasteiger partial charge on any atom is -0.394 e. The van der Waals surface area contributed by atoms with Gasteiger partial charge in [-0.05, 0) is 48.7 Å². The third-order valence-corrected chi connectivity index (χ3v) is 7.28. The molecular formula is C33H39N3O5. The summed E-state index contributed by atoms with van der Waals surface area (Å²) in [5, 5.41) is 35.5. The summed E-state index contributed by atoms with van der Waals surface area (Å²) in [5.74, 6) is 5.04. The first-order valence-electron chi connectivity index (χ1n) is 14.0. The zero-order valence-corrected chi connectivity index (χ0v) is 23.6. The quantitative estimate of drug-likeness (QED) is 0.212. The molecule has 8 heteroatoms.